The number of rotatable bonds is 2. The average Bonchev–Trinajstić information content (AvgIpc) is 2.17. The Balaban J connectivity index is 3.18. The second kappa shape index (κ2) is 4.91. The minimum absolute atomic E-state index is 0.0875. The van der Waals surface area contributed by atoms with E-state index in [-0.39, 0.29) is 22.4 Å². The summed E-state index contributed by atoms with van der Waals surface area (Å²) in [5, 5.41) is 0. The summed E-state index contributed by atoms with van der Waals surface area (Å²) in [7, 11) is 0. The summed E-state index contributed by atoms with van der Waals surface area (Å²) in [4.78, 5) is 12.5. The lowest BCUT2D eigenvalue weighted by Crippen LogP contribution is -2.33. The lowest BCUT2D eigenvalue weighted by molar-refractivity contribution is 0.256. The van der Waals surface area contributed by atoms with E-state index in [1.54, 1.807) is 0 Å². The number of pyridine rings is 1. The van der Waals surface area contributed by atoms with Crippen LogP contribution in [-0.2, 0) is 6.42 Å². The Morgan fingerprint density at radius 1 is 1.17 bits per heavy atom. The van der Waals surface area contributed by atoms with Gasteiger partial charge in [0.05, 0.1) is 0 Å². The van der Waals surface area contributed by atoms with Crippen LogP contribution in [0, 0.1) is 10.8 Å². The van der Waals surface area contributed by atoms with E-state index in [1.165, 1.54) is 0 Å². The molecule has 0 aliphatic rings. The summed E-state index contributed by atoms with van der Waals surface area (Å²) < 4.78 is 1.88. The quantitative estimate of drug-likeness (QED) is 0.775. The van der Waals surface area contributed by atoms with Crippen LogP contribution < -0.4 is 5.56 Å². The van der Waals surface area contributed by atoms with Crippen molar-refractivity contribution in [1.29, 1.82) is 0 Å². The van der Waals surface area contributed by atoms with Crippen LogP contribution in [0.15, 0.2) is 23.1 Å². The van der Waals surface area contributed by atoms with Gasteiger partial charge in [0.15, 0.2) is 0 Å². The van der Waals surface area contributed by atoms with E-state index in [1.807, 2.05) is 22.9 Å². The molecule has 102 valence electrons. The fourth-order valence-corrected chi connectivity index (χ4v) is 1.98. The molecule has 0 fully saturated rings. The van der Waals surface area contributed by atoms with Gasteiger partial charge in [0.1, 0.15) is 0 Å². The van der Waals surface area contributed by atoms with Crippen molar-refractivity contribution in [3.8, 4) is 0 Å². The molecular weight excluding hydrogens is 222 g/mol. The van der Waals surface area contributed by atoms with E-state index in [4.69, 9.17) is 0 Å². The molecule has 0 saturated heterocycles. The summed E-state index contributed by atoms with van der Waals surface area (Å²) in [6.45, 7) is 15.1. The summed E-state index contributed by atoms with van der Waals surface area (Å²) in [6, 6.07) is 4.15. The van der Waals surface area contributed by atoms with Gasteiger partial charge in [-0.05, 0) is 30.2 Å². The van der Waals surface area contributed by atoms with Crippen molar-refractivity contribution in [1.82, 2.24) is 4.57 Å². The van der Waals surface area contributed by atoms with E-state index in [0.29, 0.717) is 0 Å². The van der Waals surface area contributed by atoms with E-state index in [9.17, 15) is 4.79 Å². The first kappa shape index (κ1) is 15.0. The zero-order valence-corrected chi connectivity index (χ0v) is 12.9. The van der Waals surface area contributed by atoms with Gasteiger partial charge in [0, 0.05) is 17.8 Å². The lowest BCUT2D eigenvalue weighted by atomic mass is 9.86. The summed E-state index contributed by atoms with van der Waals surface area (Å²) in [5.74, 6) is 0. The fourth-order valence-electron chi connectivity index (χ4n) is 1.98. The molecular formula is C16H27NO. The highest BCUT2D eigenvalue weighted by molar-refractivity contribution is 5.13. The Hall–Kier alpha value is -1.05. The smallest absolute Gasteiger partial charge is 0.254 e. The number of nitrogens with zero attached hydrogens (tertiary/aromatic N) is 1. The number of hydrogen-bond donors (Lipinski definition) is 0. The van der Waals surface area contributed by atoms with Crippen molar-refractivity contribution in [3.63, 3.8) is 0 Å². The van der Waals surface area contributed by atoms with Crippen LogP contribution >= 0.6 is 0 Å². The highest BCUT2D eigenvalue weighted by Crippen LogP contribution is 2.28. The second-order valence-corrected chi connectivity index (χ2v) is 7.53. The molecule has 0 aliphatic carbocycles. The van der Waals surface area contributed by atoms with Gasteiger partial charge in [-0.25, -0.2) is 0 Å². The predicted molar refractivity (Wildman–Crippen MR) is 78.0 cm³/mol. The maximum absolute atomic E-state index is 12.5. The van der Waals surface area contributed by atoms with Crippen LogP contribution in [0.5, 0.6) is 0 Å². The monoisotopic (exact) mass is 249 g/mol. The molecule has 2 heteroatoms. The average molecular weight is 249 g/mol. The molecule has 0 N–H and O–H groups in total. The van der Waals surface area contributed by atoms with Gasteiger partial charge in [0.25, 0.3) is 5.56 Å². The molecule has 0 aliphatic heterocycles. The molecule has 1 heterocycles. The lowest BCUT2D eigenvalue weighted by Gasteiger charge is -2.29. The van der Waals surface area contributed by atoms with Crippen molar-refractivity contribution < 1.29 is 0 Å². The first-order chi connectivity index (χ1) is 8.02. The third-order valence-corrected chi connectivity index (χ3v) is 3.44. The highest BCUT2D eigenvalue weighted by Gasteiger charge is 2.23. The van der Waals surface area contributed by atoms with Crippen LogP contribution in [0.25, 0.3) is 0 Å². The second-order valence-electron chi connectivity index (χ2n) is 7.53. The number of aromatic nitrogens is 1. The van der Waals surface area contributed by atoms with Crippen molar-refractivity contribution in [2.75, 3.05) is 0 Å². The maximum Gasteiger partial charge on any atom is 0.254 e. The molecule has 1 rings (SSSR count). The standard InChI is InChI=1S/C16H27NO/c1-12(16(5,6)7)17-10-8-9-13(14(17)18)11-15(2,3)4/h8-10,12H,11H2,1-7H3. The molecule has 1 unspecified atom stereocenters. The highest BCUT2D eigenvalue weighted by atomic mass is 16.1. The fraction of sp³-hybridized carbons (Fsp3) is 0.688. The SMILES string of the molecule is CC(n1cccc(CC(C)(C)C)c1=O)C(C)(C)C. The zero-order chi connectivity index (χ0) is 14.1. The van der Waals surface area contributed by atoms with E-state index < -0.39 is 0 Å². The minimum Gasteiger partial charge on any atom is -0.312 e. The third kappa shape index (κ3) is 3.72. The Kier molecular flexibility index (Phi) is 4.09. The van der Waals surface area contributed by atoms with E-state index >= 15 is 0 Å². The molecule has 0 amide bonds. The molecule has 18 heavy (non-hydrogen) atoms. The van der Waals surface area contributed by atoms with Crippen LogP contribution in [0.3, 0.4) is 0 Å². The summed E-state index contributed by atoms with van der Waals surface area (Å²) >= 11 is 0. The minimum atomic E-state index is 0.0875. The topological polar surface area (TPSA) is 22.0 Å². The molecule has 2 nitrogen and oxygen atoms in total. The van der Waals surface area contributed by atoms with Gasteiger partial charge in [-0.3, -0.25) is 4.79 Å². The number of hydrogen-bond acceptors (Lipinski definition) is 1. The van der Waals surface area contributed by atoms with Gasteiger partial charge < -0.3 is 4.57 Å². The van der Waals surface area contributed by atoms with Crippen molar-refractivity contribution in [2.45, 2.75) is 60.9 Å². The molecule has 0 spiro atoms. The molecule has 0 aromatic carbocycles. The molecule has 0 bridgehead atoms. The molecule has 1 aromatic rings. The third-order valence-electron chi connectivity index (χ3n) is 3.44. The zero-order valence-electron chi connectivity index (χ0n) is 12.9. The Morgan fingerprint density at radius 2 is 1.72 bits per heavy atom. The largest absolute Gasteiger partial charge is 0.312 e. The van der Waals surface area contributed by atoms with Crippen molar-refractivity contribution >= 4 is 0 Å². The molecule has 0 saturated carbocycles. The van der Waals surface area contributed by atoms with Gasteiger partial charge in [-0.1, -0.05) is 47.6 Å². The Morgan fingerprint density at radius 3 is 2.17 bits per heavy atom. The predicted octanol–water partition coefficient (Wildman–Crippen LogP) is 4.04. The van der Waals surface area contributed by atoms with E-state index in [0.717, 1.165) is 12.0 Å². The normalized spacial score (nSPS) is 14.6. The molecule has 1 aromatic heterocycles. The van der Waals surface area contributed by atoms with Gasteiger partial charge in [0.2, 0.25) is 0 Å². The molecule has 1 atom stereocenters. The summed E-state index contributed by atoms with van der Waals surface area (Å²) in [5.41, 5.74) is 1.31. The van der Waals surface area contributed by atoms with Gasteiger partial charge in [-0.2, -0.15) is 0 Å². The molecule has 0 radical (unpaired) electrons. The van der Waals surface area contributed by atoms with Crippen molar-refractivity contribution in [2.24, 2.45) is 10.8 Å². The first-order valence-electron chi connectivity index (χ1n) is 6.72. The van der Waals surface area contributed by atoms with Crippen LogP contribution in [0.4, 0.5) is 0 Å². The van der Waals surface area contributed by atoms with Crippen molar-refractivity contribution in [3.05, 3.63) is 34.2 Å². The summed E-state index contributed by atoms with van der Waals surface area (Å²) in [6.07, 6.45) is 2.73. The first-order valence-corrected chi connectivity index (χ1v) is 6.72. The van der Waals surface area contributed by atoms with Crippen LogP contribution in [-0.4, -0.2) is 4.57 Å². The van der Waals surface area contributed by atoms with Gasteiger partial charge in [-0.15, -0.1) is 0 Å². The Bertz CT molecular complexity index is 457. The van der Waals surface area contributed by atoms with E-state index in [2.05, 4.69) is 48.5 Å². The Labute approximate surface area is 111 Å². The van der Waals surface area contributed by atoms with Crippen LogP contribution in [0.1, 0.15) is 60.1 Å². The van der Waals surface area contributed by atoms with Gasteiger partial charge >= 0.3 is 0 Å². The van der Waals surface area contributed by atoms with Crippen LogP contribution in [0.2, 0.25) is 0 Å². The maximum atomic E-state index is 12.5.